The molecule has 1 aromatic carbocycles. The van der Waals surface area contributed by atoms with E-state index in [4.69, 9.17) is 0 Å². The molecule has 96 valence electrons. The highest BCUT2D eigenvalue weighted by Gasteiger charge is 2.38. The first-order valence-electron chi connectivity index (χ1n) is 6.47. The van der Waals surface area contributed by atoms with Crippen molar-refractivity contribution < 1.29 is 0 Å². The Kier molecular flexibility index (Phi) is 2.99. The molecule has 1 saturated carbocycles. The Bertz CT molecular complexity index is 543. The van der Waals surface area contributed by atoms with Gasteiger partial charge >= 0.3 is 0 Å². The molecule has 3 nitrogen and oxygen atoms in total. The third-order valence-corrected chi connectivity index (χ3v) is 5.03. The quantitative estimate of drug-likeness (QED) is 0.916. The van der Waals surface area contributed by atoms with Gasteiger partial charge in [0.2, 0.25) is 0 Å². The molecule has 1 aliphatic rings. The van der Waals surface area contributed by atoms with E-state index in [9.17, 15) is 0 Å². The summed E-state index contributed by atoms with van der Waals surface area (Å²) >= 11 is 1.57. The summed E-state index contributed by atoms with van der Waals surface area (Å²) in [7, 11) is 4.37. The lowest BCUT2D eigenvalue weighted by atomic mass is 9.75. The van der Waals surface area contributed by atoms with Crippen LogP contribution in [-0.2, 0) is 0 Å². The molecule has 18 heavy (non-hydrogen) atoms. The average molecular weight is 261 g/mol. The number of nitrogens with one attached hydrogen (secondary N) is 1. The van der Waals surface area contributed by atoms with Crippen molar-refractivity contribution >= 4 is 27.4 Å². The van der Waals surface area contributed by atoms with Gasteiger partial charge in [-0.15, -0.1) is 0 Å². The number of likely N-dealkylation sites (N-methyl/N-ethyl adjacent to an activating group) is 1. The van der Waals surface area contributed by atoms with Crippen molar-refractivity contribution in [3.8, 4) is 0 Å². The monoisotopic (exact) mass is 261 g/mol. The van der Waals surface area contributed by atoms with Crippen LogP contribution in [0.1, 0.15) is 19.3 Å². The lowest BCUT2D eigenvalue weighted by molar-refractivity contribution is 0.0740. The number of hydrogen-bond acceptors (Lipinski definition) is 4. The van der Waals surface area contributed by atoms with Crippen LogP contribution in [0.5, 0.6) is 0 Å². The number of fused-ring (bicyclic) bond motifs is 1. The Morgan fingerprint density at radius 3 is 2.78 bits per heavy atom. The van der Waals surface area contributed by atoms with Crippen LogP contribution >= 0.6 is 11.5 Å². The lowest BCUT2D eigenvalue weighted by Crippen LogP contribution is -2.54. The van der Waals surface area contributed by atoms with E-state index < -0.39 is 0 Å². The predicted molar refractivity (Wildman–Crippen MR) is 78.4 cm³/mol. The van der Waals surface area contributed by atoms with Gasteiger partial charge in [-0.2, -0.15) is 4.37 Å². The summed E-state index contributed by atoms with van der Waals surface area (Å²) in [6, 6.07) is 8.33. The third-order valence-electron chi connectivity index (χ3n) is 4.19. The summed E-state index contributed by atoms with van der Waals surface area (Å²) < 4.78 is 4.47. The van der Waals surface area contributed by atoms with Crippen molar-refractivity contribution in [3.05, 3.63) is 24.3 Å². The van der Waals surface area contributed by atoms with E-state index in [2.05, 4.69) is 46.9 Å². The van der Waals surface area contributed by atoms with Gasteiger partial charge in [0.25, 0.3) is 0 Å². The van der Waals surface area contributed by atoms with Crippen LogP contribution in [-0.4, -0.2) is 35.5 Å². The smallest absolute Gasteiger partial charge is 0.117 e. The summed E-state index contributed by atoms with van der Waals surface area (Å²) in [6.07, 6.45) is 3.94. The molecule has 2 aromatic rings. The van der Waals surface area contributed by atoms with Crippen molar-refractivity contribution in [2.24, 2.45) is 0 Å². The fraction of sp³-hybridized carbons (Fsp3) is 0.500. The van der Waals surface area contributed by atoms with Crippen LogP contribution in [0, 0.1) is 0 Å². The lowest BCUT2D eigenvalue weighted by Gasteiger charge is -2.47. The molecule has 1 aliphatic carbocycles. The molecule has 0 atom stereocenters. The zero-order chi connectivity index (χ0) is 12.6. The Hall–Kier alpha value is -1.13. The van der Waals surface area contributed by atoms with Gasteiger partial charge in [-0.25, -0.2) is 0 Å². The molecule has 3 rings (SSSR count). The van der Waals surface area contributed by atoms with Crippen molar-refractivity contribution in [2.45, 2.75) is 24.8 Å². The zero-order valence-electron chi connectivity index (χ0n) is 10.9. The van der Waals surface area contributed by atoms with Gasteiger partial charge < -0.3 is 10.2 Å². The first-order valence-corrected chi connectivity index (χ1v) is 7.24. The van der Waals surface area contributed by atoms with Crippen LogP contribution in [0.3, 0.4) is 0 Å². The number of aromatic nitrogens is 1. The SMILES string of the molecule is CN(C)C1(CNc2snc3ccccc23)CCC1. The van der Waals surface area contributed by atoms with E-state index >= 15 is 0 Å². The van der Waals surface area contributed by atoms with Gasteiger partial charge in [0.1, 0.15) is 5.00 Å². The number of hydrogen-bond donors (Lipinski definition) is 1. The van der Waals surface area contributed by atoms with Gasteiger partial charge in [0.05, 0.1) is 5.52 Å². The molecule has 1 heterocycles. The summed E-state index contributed by atoms with van der Waals surface area (Å²) in [6.45, 7) is 1.02. The first-order chi connectivity index (χ1) is 8.71. The number of nitrogens with zero attached hydrogens (tertiary/aromatic N) is 2. The normalized spacial score (nSPS) is 17.9. The minimum Gasteiger partial charge on any atom is -0.373 e. The van der Waals surface area contributed by atoms with E-state index in [1.165, 1.54) is 29.6 Å². The molecule has 0 bridgehead atoms. The molecule has 0 saturated heterocycles. The minimum absolute atomic E-state index is 0.352. The average Bonchev–Trinajstić information content (AvgIpc) is 2.71. The van der Waals surface area contributed by atoms with E-state index in [-0.39, 0.29) is 0 Å². The second kappa shape index (κ2) is 4.52. The summed E-state index contributed by atoms with van der Waals surface area (Å²) in [5, 5.41) is 6.06. The second-order valence-electron chi connectivity index (χ2n) is 5.35. The number of rotatable bonds is 4. The highest BCUT2D eigenvalue weighted by molar-refractivity contribution is 7.11. The standard InChI is InChI=1S/C14H19N3S/c1-17(2)14(8-5-9-14)10-15-13-11-6-3-4-7-12(11)16-18-13/h3-4,6-7,15H,5,8-10H2,1-2H3. The second-order valence-corrected chi connectivity index (χ2v) is 6.13. The van der Waals surface area contributed by atoms with Gasteiger partial charge in [-0.1, -0.05) is 12.1 Å². The largest absolute Gasteiger partial charge is 0.373 e. The Morgan fingerprint density at radius 1 is 1.33 bits per heavy atom. The van der Waals surface area contributed by atoms with E-state index in [0.717, 1.165) is 12.1 Å². The molecule has 1 fully saturated rings. The molecule has 1 N–H and O–H groups in total. The van der Waals surface area contributed by atoms with E-state index in [1.807, 2.05) is 6.07 Å². The Morgan fingerprint density at radius 2 is 2.11 bits per heavy atom. The fourth-order valence-electron chi connectivity index (χ4n) is 2.63. The zero-order valence-corrected chi connectivity index (χ0v) is 11.8. The highest BCUT2D eigenvalue weighted by Crippen LogP contribution is 2.37. The molecule has 1 aromatic heterocycles. The molecular weight excluding hydrogens is 242 g/mol. The Balaban J connectivity index is 1.77. The maximum atomic E-state index is 4.47. The molecule has 4 heteroatoms. The van der Waals surface area contributed by atoms with Gasteiger partial charge in [-0.3, -0.25) is 0 Å². The summed E-state index contributed by atoms with van der Waals surface area (Å²) in [5.41, 5.74) is 1.45. The maximum absolute atomic E-state index is 4.47. The fourth-order valence-corrected chi connectivity index (χ4v) is 3.39. The van der Waals surface area contributed by atoms with Crippen LogP contribution < -0.4 is 5.32 Å². The van der Waals surface area contributed by atoms with Crippen molar-refractivity contribution in [1.82, 2.24) is 9.27 Å². The maximum Gasteiger partial charge on any atom is 0.117 e. The molecule has 0 amide bonds. The van der Waals surface area contributed by atoms with Gasteiger partial charge in [-0.05, 0) is 57.0 Å². The molecule has 0 unspecified atom stereocenters. The van der Waals surface area contributed by atoms with Crippen molar-refractivity contribution in [2.75, 3.05) is 26.0 Å². The van der Waals surface area contributed by atoms with Crippen LogP contribution in [0.15, 0.2) is 24.3 Å². The molecule has 0 spiro atoms. The van der Waals surface area contributed by atoms with Crippen molar-refractivity contribution in [1.29, 1.82) is 0 Å². The van der Waals surface area contributed by atoms with Gasteiger partial charge in [0, 0.05) is 17.5 Å². The minimum atomic E-state index is 0.352. The number of benzene rings is 1. The third kappa shape index (κ3) is 1.89. The summed E-state index contributed by atoms with van der Waals surface area (Å²) in [4.78, 5) is 2.37. The van der Waals surface area contributed by atoms with E-state index in [1.54, 1.807) is 11.5 Å². The molecule has 0 radical (unpaired) electrons. The molecular formula is C14H19N3S. The van der Waals surface area contributed by atoms with Crippen LogP contribution in [0.2, 0.25) is 0 Å². The summed E-state index contributed by atoms with van der Waals surface area (Å²) in [5.74, 6) is 0. The molecule has 0 aliphatic heterocycles. The predicted octanol–water partition coefficient (Wildman–Crippen LogP) is 3.19. The highest BCUT2D eigenvalue weighted by atomic mass is 32.1. The Labute approximate surface area is 112 Å². The number of anilines is 1. The van der Waals surface area contributed by atoms with Crippen molar-refractivity contribution in [3.63, 3.8) is 0 Å². The first kappa shape index (κ1) is 11.9. The van der Waals surface area contributed by atoms with Crippen LogP contribution in [0.4, 0.5) is 5.00 Å². The topological polar surface area (TPSA) is 28.2 Å². The van der Waals surface area contributed by atoms with E-state index in [0.29, 0.717) is 5.54 Å². The van der Waals surface area contributed by atoms with Gasteiger partial charge in [0.15, 0.2) is 0 Å². The van der Waals surface area contributed by atoms with Crippen LogP contribution in [0.25, 0.3) is 10.9 Å².